The maximum Gasteiger partial charge on any atom is 0.245 e. The zero-order chi connectivity index (χ0) is 9.28. The van der Waals surface area contributed by atoms with Gasteiger partial charge in [-0.05, 0) is 6.08 Å². The molecule has 0 aromatic carbocycles. The molecule has 0 bridgehead atoms. The van der Waals surface area contributed by atoms with Gasteiger partial charge in [0.15, 0.2) is 0 Å². The highest BCUT2D eigenvalue weighted by atomic mass is 16.3. The molecule has 0 rings (SSSR count). The number of aliphatic hydroxyl groups is 1. The molecule has 0 aliphatic heterocycles. The Bertz CT molecular complexity index is 113. The molecule has 3 nitrogen and oxygen atoms in total. The van der Waals surface area contributed by atoms with Crippen LogP contribution in [0.4, 0.5) is 0 Å². The van der Waals surface area contributed by atoms with Gasteiger partial charge in [0.1, 0.15) is 0 Å². The summed E-state index contributed by atoms with van der Waals surface area (Å²) < 4.78 is 0. The molecule has 3 heteroatoms. The Hall–Kier alpha value is -0.830. The summed E-state index contributed by atoms with van der Waals surface area (Å²) in [7, 11) is 1.61. The number of carbonyl (C=O) groups excluding carboxylic acids is 1. The van der Waals surface area contributed by atoms with Crippen LogP contribution in [0, 0.1) is 0 Å². The molecule has 0 spiro atoms. The summed E-state index contributed by atoms with van der Waals surface area (Å²) >= 11 is 0. The maximum absolute atomic E-state index is 10.6. The Balaban J connectivity index is 0. The van der Waals surface area contributed by atoms with E-state index in [-0.39, 0.29) is 12.5 Å². The summed E-state index contributed by atoms with van der Waals surface area (Å²) in [5.41, 5.74) is 0. The smallest absolute Gasteiger partial charge is 0.245 e. The lowest BCUT2D eigenvalue weighted by molar-refractivity contribution is -0.125. The first-order chi connectivity index (χ1) is 5.22. The lowest BCUT2D eigenvalue weighted by atomic mass is 10.5. The molecule has 1 N–H and O–H groups in total. The van der Waals surface area contributed by atoms with Crippen LogP contribution in [0.5, 0.6) is 0 Å². The average molecular weight is 159 g/mol. The Morgan fingerprint density at radius 3 is 2.36 bits per heavy atom. The van der Waals surface area contributed by atoms with E-state index in [4.69, 9.17) is 5.11 Å². The minimum absolute atomic E-state index is 0.00389. The van der Waals surface area contributed by atoms with Crippen molar-refractivity contribution >= 4 is 5.91 Å². The second-order valence-corrected chi connectivity index (χ2v) is 1.69. The van der Waals surface area contributed by atoms with E-state index in [0.29, 0.717) is 6.54 Å². The van der Waals surface area contributed by atoms with E-state index in [1.807, 2.05) is 13.8 Å². The minimum atomic E-state index is -0.163. The summed E-state index contributed by atoms with van der Waals surface area (Å²) in [6, 6.07) is 0. The van der Waals surface area contributed by atoms with E-state index >= 15 is 0 Å². The van der Waals surface area contributed by atoms with Crippen LogP contribution in [0.2, 0.25) is 0 Å². The molecule has 0 aliphatic carbocycles. The topological polar surface area (TPSA) is 40.5 Å². The van der Waals surface area contributed by atoms with Crippen molar-refractivity contribution < 1.29 is 9.90 Å². The Labute approximate surface area is 68.3 Å². The molecular weight excluding hydrogens is 142 g/mol. The van der Waals surface area contributed by atoms with Gasteiger partial charge in [-0.1, -0.05) is 20.4 Å². The van der Waals surface area contributed by atoms with Gasteiger partial charge < -0.3 is 10.0 Å². The first-order valence-corrected chi connectivity index (χ1v) is 3.70. The number of nitrogens with zero attached hydrogens (tertiary/aromatic N) is 1. The van der Waals surface area contributed by atoms with Gasteiger partial charge >= 0.3 is 0 Å². The number of amides is 1. The predicted molar refractivity (Wildman–Crippen MR) is 46.3 cm³/mol. The first kappa shape index (κ1) is 12.8. The fourth-order valence-corrected chi connectivity index (χ4v) is 0.416. The summed E-state index contributed by atoms with van der Waals surface area (Å²) in [6.45, 7) is 7.65. The van der Waals surface area contributed by atoms with Crippen LogP contribution in [0.3, 0.4) is 0 Å². The molecule has 0 saturated carbocycles. The number of hydrogen-bond acceptors (Lipinski definition) is 2. The van der Waals surface area contributed by atoms with Crippen molar-refractivity contribution in [3.8, 4) is 0 Å². The number of likely N-dealkylation sites (N-methyl/N-ethyl adjacent to an activating group) is 1. The van der Waals surface area contributed by atoms with Gasteiger partial charge in [-0.25, -0.2) is 0 Å². The van der Waals surface area contributed by atoms with Crippen molar-refractivity contribution in [1.82, 2.24) is 4.90 Å². The van der Waals surface area contributed by atoms with Crippen molar-refractivity contribution in [3.63, 3.8) is 0 Å². The zero-order valence-corrected chi connectivity index (χ0v) is 7.50. The largest absolute Gasteiger partial charge is 0.395 e. The van der Waals surface area contributed by atoms with E-state index in [0.717, 1.165) is 0 Å². The van der Waals surface area contributed by atoms with Crippen LogP contribution in [-0.2, 0) is 4.79 Å². The Morgan fingerprint density at radius 2 is 2.09 bits per heavy atom. The molecule has 0 saturated heterocycles. The van der Waals surface area contributed by atoms with Gasteiger partial charge in [0, 0.05) is 13.6 Å². The fourth-order valence-electron chi connectivity index (χ4n) is 0.416. The summed E-state index contributed by atoms with van der Waals surface area (Å²) in [6.07, 6.45) is 1.22. The lowest BCUT2D eigenvalue weighted by Gasteiger charge is -2.11. The molecule has 0 aromatic rings. The van der Waals surface area contributed by atoms with Crippen molar-refractivity contribution in [3.05, 3.63) is 12.7 Å². The molecule has 0 fully saturated rings. The van der Waals surface area contributed by atoms with Crippen molar-refractivity contribution in [1.29, 1.82) is 0 Å². The standard InChI is InChI=1S/C6H11NO2.C2H6/c1-3-6(9)7(2)4-5-8;1-2/h3,8H,1,4-5H2,2H3;1-2H3. The highest BCUT2D eigenvalue weighted by molar-refractivity contribution is 5.86. The molecule has 0 aliphatic rings. The minimum Gasteiger partial charge on any atom is -0.395 e. The monoisotopic (exact) mass is 159 g/mol. The van der Waals surface area contributed by atoms with E-state index < -0.39 is 0 Å². The Kier molecular flexibility index (Phi) is 10.7. The molecule has 0 aromatic heterocycles. The zero-order valence-electron chi connectivity index (χ0n) is 7.50. The second kappa shape index (κ2) is 9.17. The molecule has 1 amide bonds. The van der Waals surface area contributed by atoms with Crippen LogP contribution in [0.25, 0.3) is 0 Å². The molecule has 0 radical (unpaired) electrons. The van der Waals surface area contributed by atoms with Crippen molar-refractivity contribution in [2.24, 2.45) is 0 Å². The van der Waals surface area contributed by atoms with E-state index in [1.54, 1.807) is 7.05 Å². The van der Waals surface area contributed by atoms with Crippen LogP contribution in [0.15, 0.2) is 12.7 Å². The van der Waals surface area contributed by atoms with Gasteiger partial charge in [0.2, 0.25) is 5.91 Å². The van der Waals surface area contributed by atoms with Gasteiger partial charge in [-0.3, -0.25) is 4.79 Å². The van der Waals surface area contributed by atoms with Gasteiger partial charge in [-0.2, -0.15) is 0 Å². The van der Waals surface area contributed by atoms with Crippen molar-refractivity contribution in [2.45, 2.75) is 13.8 Å². The van der Waals surface area contributed by atoms with Crippen LogP contribution < -0.4 is 0 Å². The first-order valence-electron chi connectivity index (χ1n) is 3.70. The predicted octanol–water partition coefficient (Wildman–Crippen LogP) is 0.649. The van der Waals surface area contributed by atoms with Gasteiger partial charge in [0.05, 0.1) is 6.61 Å². The third-order valence-corrected chi connectivity index (χ3v) is 0.986. The number of hydrogen-bond donors (Lipinski definition) is 1. The van der Waals surface area contributed by atoms with Gasteiger partial charge in [0.25, 0.3) is 0 Å². The van der Waals surface area contributed by atoms with Crippen LogP contribution >= 0.6 is 0 Å². The summed E-state index contributed by atoms with van der Waals surface area (Å²) in [4.78, 5) is 12.0. The van der Waals surface area contributed by atoms with E-state index in [2.05, 4.69) is 6.58 Å². The van der Waals surface area contributed by atoms with Crippen LogP contribution in [-0.4, -0.2) is 36.1 Å². The normalized spacial score (nSPS) is 7.64. The SMILES string of the molecule is C=CC(=O)N(C)CCO.CC. The maximum atomic E-state index is 10.6. The molecule has 0 atom stereocenters. The number of aliphatic hydroxyl groups excluding tert-OH is 1. The van der Waals surface area contributed by atoms with Gasteiger partial charge in [-0.15, -0.1) is 0 Å². The summed E-state index contributed by atoms with van der Waals surface area (Å²) in [5, 5.41) is 8.35. The molecule has 0 heterocycles. The lowest BCUT2D eigenvalue weighted by Crippen LogP contribution is -2.27. The van der Waals surface area contributed by atoms with Crippen molar-refractivity contribution in [2.75, 3.05) is 20.2 Å². The average Bonchev–Trinajstić information content (AvgIpc) is 2.07. The highest BCUT2D eigenvalue weighted by Crippen LogP contribution is 1.82. The van der Waals surface area contributed by atoms with E-state index in [1.165, 1.54) is 11.0 Å². The van der Waals surface area contributed by atoms with Crippen LogP contribution in [0.1, 0.15) is 13.8 Å². The fraction of sp³-hybridized carbons (Fsp3) is 0.625. The molecular formula is C8H17NO2. The number of rotatable bonds is 3. The summed E-state index contributed by atoms with van der Waals surface area (Å²) in [5.74, 6) is -0.163. The third-order valence-electron chi connectivity index (χ3n) is 0.986. The Morgan fingerprint density at radius 1 is 1.64 bits per heavy atom. The molecule has 0 unspecified atom stereocenters. The molecule has 66 valence electrons. The second-order valence-electron chi connectivity index (χ2n) is 1.69. The molecule has 11 heavy (non-hydrogen) atoms. The quantitative estimate of drug-likeness (QED) is 0.614. The third kappa shape index (κ3) is 7.06. The van der Waals surface area contributed by atoms with E-state index in [9.17, 15) is 4.79 Å². The highest BCUT2D eigenvalue weighted by Gasteiger charge is 1.99. The number of carbonyl (C=O) groups is 1.